The van der Waals surface area contributed by atoms with E-state index in [4.69, 9.17) is 9.47 Å². The second kappa shape index (κ2) is 8.84. The highest BCUT2D eigenvalue weighted by molar-refractivity contribution is 5.40. The molecular weight excluding hydrogens is 358 g/mol. The molecule has 1 aromatic carbocycles. The number of benzene rings is 1. The van der Waals surface area contributed by atoms with Gasteiger partial charge in [-0.2, -0.15) is 8.78 Å². The molecule has 4 heteroatoms. The molecule has 2 nitrogen and oxygen atoms in total. The van der Waals surface area contributed by atoms with Crippen LogP contribution in [-0.2, 0) is 4.74 Å². The van der Waals surface area contributed by atoms with Crippen LogP contribution < -0.4 is 4.74 Å². The van der Waals surface area contributed by atoms with Gasteiger partial charge in [0, 0.05) is 0 Å². The summed E-state index contributed by atoms with van der Waals surface area (Å²) in [5.74, 6) is 0.863. The molecular formula is C24H34F2O2. The molecule has 0 aromatic heterocycles. The molecule has 2 fully saturated rings. The molecule has 0 aliphatic heterocycles. The number of halogens is 2. The van der Waals surface area contributed by atoms with Crippen LogP contribution in [-0.4, -0.2) is 13.2 Å². The predicted octanol–water partition coefficient (Wildman–Crippen LogP) is 7.11. The Labute approximate surface area is 168 Å². The largest absolute Gasteiger partial charge is 0.504 e. The van der Waals surface area contributed by atoms with Crippen molar-refractivity contribution in [3.8, 4) is 5.75 Å². The lowest BCUT2D eigenvalue weighted by atomic mass is 9.70. The van der Waals surface area contributed by atoms with Gasteiger partial charge in [0.2, 0.25) is 0 Å². The van der Waals surface area contributed by atoms with Crippen molar-refractivity contribution >= 4 is 0 Å². The molecule has 0 atom stereocenters. The van der Waals surface area contributed by atoms with E-state index in [2.05, 4.69) is 0 Å². The summed E-state index contributed by atoms with van der Waals surface area (Å²) >= 11 is 0. The molecule has 1 aromatic rings. The van der Waals surface area contributed by atoms with Crippen LogP contribution in [0.4, 0.5) is 8.78 Å². The van der Waals surface area contributed by atoms with Gasteiger partial charge in [0.05, 0.1) is 19.3 Å². The topological polar surface area (TPSA) is 18.5 Å². The summed E-state index contributed by atoms with van der Waals surface area (Å²) in [7, 11) is 1.70. The Kier molecular flexibility index (Phi) is 6.67. The zero-order valence-corrected chi connectivity index (χ0v) is 17.7. The molecule has 3 rings (SSSR count). The second-order valence-electron chi connectivity index (χ2n) is 8.81. The lowest BCUT2D eigenvalue weighted by molar-refractivity contribution is -0.224. The smallest absolute Gasteiger partial charge is 0.400 e. The molecule has 2 saturated carbocycles. The number of alkyl halides is 2. The van der Waals surface area contributed by atoms with Gasteiger partial charge in [0.15, 0.2) is 0 Å². The summed E-state index contributed by atoms with van der Waals surface area (Å²) in [6.07, 6.45) is 6.18. The highest BCUT2D eigenvalue weighted by atomic mass is 19.3. The summed E-state index contributed by atoms with van der Waals surface area (Å²) in [6, 6.07) is 3.46. The van der Waals surface area contributed by atoms with Crippen molar-refractivity contribution in [1.82, 2.24) is 0 Å². The third-order valence-electron chi connectivity index (χ3n) is 7.03. The van der Waals surface area contributed by atoms with Gasteiger partial charge in [-0.1, -0.05) is 0 Å². The number of allylic oxidation sites excluding steroid dienone is 1. The Bertz CT molecular complexity index is 670. The Morgan fingerprint density at radius 2 is 1.43 bits per heavy atom. The lowest BCUT2D eigenvalue weighted by Gasteiger charge is -2.38. The molecule has 2 aliphatic rings. The molecule has 0 bridgehead atoms. The van der Waals surface area contributed by atoms with E-state index in [1.54, 1.807) is 19.2 Å². The van der Waals surface area contributed by atoms with Crippen molar-refractivity contribution < 1.29 is 18.3 Å². The van der Waals surface area contributed by atoms with E-state index in [1.165, 1.54) is 18.4 Å². The third kappa shape index (κ3) is 4.87. The second-order valence-corrected chi connectivity index (χ2v) is 8.81. The van der Waals surface area contributed by atoms with Gasteiger partial charge in [-0.05, 0) is 118 Å². The van der Waals surface area contributed by atoms with Gasteiger partial charge in [-0.25, -0.2) is 0 Å². The average molecular weight is 393 g/mol. The fourth-order valence-electron chi connectivity index (χ4n) is 4.99. The molecule has 0 spiro atoms. The summed E-state index contributed by atoms with van der Waals surface area (Å²) in [6.45, 7) is 5.89. The average Bonchev–Trinajstić information content (AvgIpc) is 2.67. The van der Waals surface area contributed by atoms with E-state index >= 15 is 0 Å². The summed E-state index contributed by atoms with van der Waals surface area (Å²) in [5, 5.41) is 0. The number of aryl methyl sites for hydroxylation is 2. The van der Waals surface area contributed by atoms with Crippen molar-refractivity contribution in [2.75, 3.05) is 7.11 Å². The minimum atomic E-state index is -3.10. The van der Waals surface area contributed by atoms with E-state index in [-0.39, 0.29) is 5.75 Å². The minimum Gasteiger partial charge on any atom is -0.504 e. The van der Waals surface area contributed by atoms with Gasteiger partial charge in [0.1, 0.15) is 5.75 Å². The molecule has 2 aliphatic carbocycles. The number of rotatable bonds is 5. The fourth-order valence-corrected chi connectivity index (χ4v) is 4.99. The van der Waals surface area contributed by atoms with Crippen LogP contribution in [0.2, 0.25) is 0 Å². The standard InChI is InChI=1S/C24H34F2O2/c1-16-13-23(14-17(2)18(16)3)28-24(25,26)22-11-9-21(10-12-22)20-7-5-19(6-8-20)15-27-4/h13-15,20-22H,5-12H2,1-4H3. The quantitative estimate of drug-likeness (QED) is 0.497. The van der Waals surface area contributed by atoms with E-state index in [0.717, 1.165) is 42.4 Å². The van der Waals surface area contributed by atoms with Crippen LogP contribution in [0.5, 0.6) is 5.75 Å². The first-order valence-corrected chi connectivity index (χ1v) is 10.7. The van der Waals surface area contributed by atoms with Crippen molar-refractivity contribution in [3.63, 3.8) is 0 Å². The summed E-state index contributed by atoms with van der Waals surface area (Å²) in [5.41, 5.74) is 4.51. The maximum atomic E-state index is 14.8. The van der Waals surface area contributed by atoms with Crippen LogP contribution in [0, 0.1) is 38.5 Å². The van der Waals surface area contributed by atoms with E-state index < -0.39 is 12.0 Å². The Hall–Kier alpha value is -1.58. The Balaban J connectivity index is 1.54. The first kappa shape index (κ1) is 21.1. The van der Waals surface area contributed by atoms with Crippen molar-refractivity contribution in [2.45, 2.75) is 78.2 Å². The molecule has 0 heterocycles. The van der Waals surface area contributed by atoms with Crippen LogP contribution in [0.3, 0.4) is 0 Å². The molecule has 28 heavy (non-hydrogen) atoms. The van der Waals surface area contributed by atoms with Crippen LogP contribution in [0.15, 0.2) is 24.0 Å². The summed E-state index contributed by atoms with van der Waals surface area (Å²) < 4.78 is 40.0. The van der Waals surface area contributed by atoms with Crippen molar-refractivity contribution in [1.29, 1.82) is 0 Å². The molecule has 0 amide bonds. The number of hydrogen-bond donors (Lipinski definition) is 0. The molecule has 0 N–H and O–H groups in total. The lowest BCUT2D eigenvalue weighted by Crippen LogP contribution is -2.38. The first-order valence-electron chi connectivity index (χ1n) is 10.7. The predicted molar refractivity (Wildman–Crippen MR) is 109 cm³/mol. The maximum absolute atomic E-state index is 14.8. The monoisotopic (exact) mass is 392 g/mol. The van der Waals surface area contributed by atoms with Gasteiger partial charge in [-0.15, -0.1) is 0 Å². The van der Waals surface area contributed by atoms with E-state index in [9.17, 15) is 8.78 Å². The van der Waals surface area contributed by atoms with Gasteiger partial charge < -0.3 is 9.47 Å². The zero-order valence-electron chi connectivity index (χ0n) is 17.7. The van der Waals surface area contributed by atoms with Crippen LogP contribution in [0.1, 0.15) is 68.1 Å². The molecule has 156 valence electrons. The number of ether oxygens (including phenoxy) is 2. The maximum Gasteiger partial charge on any atom is 0.400 e. The zero-order chi connectivity index (χ0) is 20.3. The van der Waals surface area contributed by atoms with E-state index in [1.807, 2.05) is 27.0 Å². The Morgan fingerprint density at radius 3 is 1.96 bits per heavy atom. The Morgan fingerprint density at radius 1 is 0.893 bits per heavy atom. The van der Waals surface area contributed by atoms with Gasteiger partial charge in [-0.3, -0.25) is 0 Å². The highest BCUT2D eigenvalue weighted by Crippen LogP contribution is 2.45. The molecule has 0 saturated heterocycles. The SMILES string of the molecule is COC=C1CCC(C2CCC(C(F)(F)Oc3cc(C)c(C)c(C)c3)CC2)CC1. The van der Waals surface area contributed by atoms with Crippen molar-refractivity contribution in [2.24, 2.45) is 17.8 Å². The van der Waals surface area contributed by atoms with E-state index in [0.29, 0.717) is 24.7 Å². The van der Waals surface area contributed by atoms with Crippen molar-refractivity contribution in [3.05, 3.63) is 40.7 Å². The van der Waals surface area contributed by atoms with Gasteiger partial charge in [0.25, 0.3) is 0 Å². The third-order valence-corrected chi connectivity index (χ3v) is 7.03. The molecule has 0 unspecified atom stereocenters. The fraction of sp³-hybridized carbons (Fsp3) is 0.667. The molecule has 0 radical (unpaired) electrons. The normalized spacial score (nSPS) is 26.1. The summed E-state index contributed by atoms with van der Waals surface area (Å²) in [4.78, 5) is 0. The van der Waals surface area contributed by atoms with Crippen LogP contribution in [0.25, 0.3) is 0 Å². The number of methoxy groups -OCH3 is 1. The van der Waals surface area contributed by atoms with Gasteiger partial charge >= 0.3 is 6.11 Å². The first-order chi connectivity index (χ1) is 13.3. The van der Waals surface area contributed by atoms with Crippen LogP contribution >= 0.6 is 0 Å². The minimum absolute atomic E-state index is 0.289. The number of hydrogen-bond acceptors (Lipinski definition) is 2. The highest BCUT2D eigenvalue weighted by Gasteiger charge is 2.45.